The number of rotatable bonds is 7. The van der Waals surface area contributed by atoms with Crippen LogP contribution < -0.4 is 10.6 Å². The Kier molecular flexibility index (Phi) is 6.11. The van der Waals surface area contributed by atoms with E-state index in [1.165, 1.54) is 5.56 Å². The molecule has 1 aromatic heterocycles. The van der Waals surface area contributed by atoms with Gasteiger partial charge in [-0.3, -0.25) is 4.79 Å². The Labute approximate surface area is 137 Å². The number of amides is 1. The maximum Gasteiger partial charge on any atom is 0.269 e. The zero-order chi connectivity index (χ0) is 16.7. The molecule has 1 aromatic carbocycles. The molecule has 0 bridgehead atoms. The van der Waals surface area contributed by atoms with E-state index >= 15 is 0 Å². The fraction of sp³-hybridized carbons (Fsp3) is 0.333. The first-order valence-electron chi connectivity index (χ1n) is 7.77. The molecule has 0 atom stereocenters. The first-order valence-corrected chi connectivity index (χ1v) is 7.77. The van der Waals surface area contributed by atoms with Crippen LogP contribution in [-0.4, -0.2) is 43.0 Å². The highest BCUT2D eigenvalue weighted by Gasteiger charge is 2.06. The average molecular weight is 312 g/mol. The number of nitrogens with zero attached hydrogens (tertiary/aromatic N) is 2. The van der Waals surface area contributed by atoms with Crippen molar-refractivity contribution in [2.24, 2.45) is 0 Å². The van der Waals surface area contributed by atoms with Crippen molar-refractivity contribution in [3.8, 4) is 0 Å². The molecule has 0 aliphatic carbocycles. The van der Waals surface area contributed by atoms with Gasteiger partial charge in [-0.1, -0.05) is 12.1 Å². The number of carbonyl (C=O) groups is 1. The van der Waals surface area contributed by atoms with E-state index in [4.69, 9.17) is 0 Å². The van der Waals surface area contributed by atoms with Gasteiger partial charge in [0, 0.05) is 12.2 Å². The Morgan fingerprint density at radius 3 is 2.65 bits per heavy atom. The Hall–Kier alpha value is -2.40. The number of benzene rings is 1. The quantitative estimate of drug-likeness (QED) is 0.772. The molecule has 0 saturated carbocycles. The third-order valence-electron chi connectivity index (χ3n) is 3.37. The molecule has 23 heavy (non-hydrogen) atoms. The van der Waals surface area contributed by atoms with Gasteiger partial charge in [-0.25, -0.2) is 4.98 Å². The topological polar surface area (TPSA) is 57.3 Å². The highest BCUT2D eigenvalue weighted by atomic mass is 16.1. The predicted molar refractivity (Wildman–Crippen MR) is 94.2 cm³/mol. The van der Waals surface area contributed by atoms with E-state index in [1.807, 2.05) is 45.3 Å². The average Bonchev–Trinajstić information content (AvgIpc) is 2.52. The molecule has 122 valence electrons. The Balaban J connectivity index is 1.87. The second-order valence-electron chi connectivity index (χ2n) is 5.84. The van der Waals surface area contributed by atoms with Crippen molar-refractivity contribution in [3.63, 3.8) is 0 Å². The smallest absolute Gasteiger partial charge is 0.269 e. The van der Waals surface area contributed by atoms with Crippen molar-refractivity contribution in [3.05, 3.63) is 53.9 Å². The minimum Gasteiger partial charge on any atom is -0.354 e. The van der Waals surface area contributed by atoms with Crippen LogP contribution in [0.4, 0.5) is 11.4 Å². The lowest BCUT2D eigenvalue weighted by Crippen LogP contribution is -2.27. The molecule has 0 fully saturated rings. The minimum atomic E-state index is -0.133. The van der Waals surface area contributed by atoms with Crippen molar-refractivity contribution in [1.82, 2.24) is 15.2 Å². The standard InChI is InChI=1S/C18H24N4O/c1-14-6-4-7-15(12-14)21-16-8-9-17(20-13-16)18(23)19-10-5-11-22(2)3/h4,6-9,12-13,21H,5,10-11H2,1-3H3,(H,19,23). The normalized spacial score (nSPS) is 10.6. The van der Waals surface area contributed by atoms with Crippen LogP contribution in [0.2, 0.25) is 0 Å². The predicted octanol–water partition coefficient (Wildman–Crippen LogP) is 2.82. The highest BCUT2D eigenvalue weighted by molar-refractivity contribution is 5.92. The number of aromatic nitrogens is 1. The van der Waals surface area contributed by atoms with Gasteiger partial charge in [-0.15, -0.1) is 0 Å². The second-order valence-corrected chi connectivity index (χ2v) is 5.84. The fourth-order valence-electron chi connectivity index (χ4n) is 2.18. The SMILES string of the molecule is Cc1cccc(Nc2ccc(C(=O)NCCCN(C)C)nc2)c1. The van der Waals surface area contributed by atoms with Crippen molar-refractivity contribution in [2.75, 3.05) is 32.5 Å². The molecule has 5 heteroatoms. The van der Waals surface area contributed by atoms with Gasteiger partial charge in [0.05, 0.1) is 11.9 Å². The van der Waals surface area contributed by atoms with Gasteiger partial charge in [-0.2, -0.15) is 0 Å². The lowest BCUT2D eigenvalue weighted by atomic mass is 10.2. The minimum absolute atomic E-state index is 0.133. The maximum atomic E-state index is 12.0. The van der Waals surface area contributed by atoms with Crippen molar-refractivity contribution < 1.29 is 4.79 Å². The molecular weight excluding hydrogens is 288 g/mol. The lowest BCUT2D eigenvalue weighted by Gasteiger charge is -2.10. The van der Waals surface area contributed by atoms with Crippen LogP contribution in [0.1, 0.15) is 22.5 Å². The molecule has 5 nitrogen and oxygen atoms in total. The van der Waals surface area contributed by atoms with E-state index in [1.54, 1.807) is 12.3 Å². The largest absolute Gasteiger partial charge is 0.354 e. The third kappa shape index (κ3) is 5.71. The van der Waals surface area contributed by atoms with Crippen molar-refractivity contribution in [2.45, 2.75) is 13.3 Å². The summed E-state index contributed by atoms with van der Waals surface area (Å²) in [5, 5.41) is 6.16. The van der Waals surface area contributed by atoms with Gasteiger partial charge in [0.25, 0.3) is 5.91 Å². The molecule has 2 aromatic rings. The number of anilines is 2. The second kappa shape index (κ2) is 8.29. The summed E-state index contributed by atoms with van der Waals surface area (Å²) in [6.45, 7) is 3.65. The summed E-state index contributed by atoms with van der Waals surface area (Å²) >= 11 is 0. The van der Waals surface area contributed by atoms with Crippen LogP contribution in [0.5, 0.6) is 0 Å². The van der Waals surface area contributed by atoms with Gasteiger partial charge in [0.1, 0.15) is 5.69 Å². The zero-order valence-electron chi connectivity index (χ0n) is 14.0. The van der Waals surface area contributed by atoms with Crippen molar-refractivity contribution >= 4 is 17.3 Å². The molecule has 2 N–H and O–H groups in total. The number of aryl methyl sites for hydroxylation is 1. The number of pyridine rings is 1. The number of carbonyl (C=O) groups excluding carboxylic acids is 1. The van der Waals surface area contributed by atoms with Gasteiger partial charge in [0.15, 0.2) is 0 Å². The van der Waals surface area contributed by atoms with Crippen LogP contribution >= 0.6 is 0 Å². The van der Waals surface area contributed by atoms with Crippen LogP contribution in [0.15, 0.2) is 42.6 Å². The molecule has 0 aliphatic rings. The van der Waals surface area contributed by atoms with E-state index < -0.39 is 0 Å². The maximum absolute atomic E-state index is 12.0. The first kappa shape index (κ1) is 17.0. The molecule has 1 heterocycles. The van der Waals surface area contributed by atoms with Gasteiger partial charge in [-0.05, 0) is 63.8 Å². The molecular formula is C18H24N4O. The van der Waals surface area contributed by atoms with E-state index in [-0.39, 0.29) is 5.91 Å². The molecule has 0 unspecified atom stereocenters. The molecule has 0 saturated heterocycles. The summed E-state index contributed by atoms with van der Waals surface area (Å²) in [5.41, 5.74) is 3.49. The number of hydrogen-bond acceptors (Lipinski definition) is 4. The Morgan fingerprint density at radius 2 is 2.00 bits per heavy atom. The van der Waals surface area contributed by atoms with Crippen LogP contribution in [0.3, 0.4) is 0 Å². The van der Waals surface area contributed by atoms with Crippen LogP contribution in [0, 0.1) is 6.92 Å². The molecule has 0 aliphatic heterocycles. The monoisotopic (exact) mass is 312 g/mol. The first-order chi connectivity index (χ1) is 11.0. The summed E-state index contributed by atoms with van der Waals surface area (Å²) in [5.74, 6) is -0.133. The summed E-state index contributed by atoms with van der Waals surface area (Å²) < 4.78 is 0. The third-order valence-corrected chi connectivity index (χ3v) is 3.37. The zero-order valence-corrected chi connectivity index (χ0v) is 14.0. The molecule has 0 radical (unpaired) electrons. The molecule has 1 amide bonds. The van der Waals surface area contributed by atoms with Crippen molar-refractivity contribution in [1.29, 1.82) is 0 Å². The summed E-state index contributed by atoms with van der Waals surface area (Å²) in [7, 11) is 4.03. The number of nitrogens with one attached hydrogen (secondary N) is 2. The molecule has 0 spiro atoms. The fourth-order valence-corrected chi connectivity index (χ4v) is 2.18. The van der Waals surface area contributed by atoms with Gasteiger partial charge in [0.2, 0.25) is 0 Å². The van der Waals surface area contributed by atoms with E-state index in [2.05, 4.69) is 26.6 Å². The summed E-state index contributed by atoms with van der Waals surface area (Å²) in [6, 6.07) is 11.7. The summed E-state index contributed by atoms with van der Waals surface area (Å²) in [4.78, 5) is 18.3. The van der Waals surface area contributed by atoms with E-state index in [9.17, 15) is 4.79 Å². The highest BCUT2D eigenvalue weighted by Crippen LogP contribution is 2.16. The van der Waals surface area contributed by atoms with Gasteiger partial charge < -0.3 is 15.5 Å². The Morgan fingerprint density at radius 1 is 1.17 bits per heavy atom. The van der Waals surface area contributed by atoms with E-state index in [0.717, 1.165) is 24.3 Å². The van der Waals surface area contributed by atoms with Gasteiger partial charge >= 0.3 is 0 Å². The van der Waals surface area contributed by atoms with E-state index in [0.29, 0.717) is 12.2 Å². The Bertz CT molecular complexity index is 638. The lowest BCUT2D eigenvalue weighted by molar-refractivity contribution is 0.0947. The van der Waals surface area contributed by atoms with Crippen LogP contribution in [0.25, 0.3) is 0 Å². The summed E-state index contributed by atoms with van der Waals surface area (Å²) in [6.07, 6.45) is 2.60. The molecule has 2 rings (SSSR count). The van der Waals surface area contributed by atoms with Crippen LogP contribution in [-0.2, 0) is 0 Å². The number of hydrogen-bond donors (Lipinski definition) is 2.